The molecule has 0 bridgehead atoms. The van der Waals surface area contributed by atoms with E-state index in [0.29, 0.717) is 12.8 Å². The molecule has 1 saturated heterocycles. The second kappa shape index (κ2) is 7.58. The van der Waals surface area contributed by atoms with Crippen molar-refractivity contribution in [3.8, 4) is 16.9 Å². The highest BCUT2D eigenvalue weighted by molar-refractivity contribution is 5.77. The van der Waals surface area contributed by atoms with Gasteiger partial charge in [0.25, 0.3) is 0 Å². The Morgan fingerprint density at radius 2 is 1.61 bits per heavy atom. The van der Waals surface area contributed by atoms with Crippen LogP contribution in [0.2, 0.25) is 0 Å². The highest BCUT2D eigenvalue weighted by atomic mass is 19.3. The first-order valence-electron chi connectivity index (χ1n) is 9.93. The molecule has 2 aromatic rings. The molecule has 1 aliphatic carbocycles. The van der Waals surface area contributed by atoms with E-state index in [4.69, 9.17) is 9.47 Å². The second-order valence-electron chi connectivity index (χ2n) is 7.66. The molecule has 1 fully saturated rings. The van der Waals surface area contributed by atoms with E-state index >= 15 is 13.2 Å². The van der Waals surface area contributed by atoms with Crippen molar-refractivity contribution in [2.24, 2.45) is 0 Å². The van der Waals surface area contributed by atoms with Gasteiger partial charge in [-0.15, -0.1) is 6.58 Å². The van der Waals surface area contributed by atoms with Crippen LogP contribution in [0.25, 0.3) is 11.1 Å². The maximum atomic E-state index is 15.3. The van der Waals surface area contributed by atoms with Crippen LogP contribution in [-0.2, 0) is 16.6 Å². The normalized spacial score (nSPS) is 23.6. The molecule has 0 aromatic heterocycles. The number of alkyl halides is 4. The standard InChI is InChI=1S/C23H20F6O2/c1-3-13-6-5-12(11-31-13)14-7-8-15-16-9-10-17(30-4-2)21(25)19(16)23(28,29)22(26,27)18(15)20(14)24/h3,7-10,12-13H,1,4-6,11H2,2H3. The first kappa shape index (κ1) is 21.7. The Balaban J connectivity index is 1.89. The van der Waals surface area contributed by atoms with Gasteiger partial charge >= 0.3 is 11.8 Å². The minimum Gasteiger partial charge on any atom is -0.491 e. The molecule has 1 heterocycles. The van der Waals surface area contributed by atoms with Gasteiger partial charge in [-0.2, -0.15) is 17.6 Å². The zero-order valence-corrected chi connectivity index (χ0v) is 16.7. The van der Waals surface area contributed by atoms with Gasteiger partial charge in [-0.25, -0.2) is 8.78 Å². The Hall–Kier alpha value is -2.48. The summed E-state index contributed by atoms with van der Waals surface area (Å²) in [6.07, 6.45) is 2.30. The molecule has 2 nitrogen and oxygen atoms in total. The lowest BCUT2D eigenvalue weighted by molar-refractivity contribution is -0.228. The first-order valence-corrected chi connectivity index (χ1v) is 9.93. The van der Waals surface area contributed by atoms with Gasteiger partial charge in [-0.05, 0) is 48.6 Å². The summed E-state index contributed by atoms with van der Waals surface area (Å²) in [5.74, 6) is -14.0. The number of ether oxygens (including phenoxy) is 2. The zero-order valence-electron chi connectivity index (χ0n) is 16.7. The first-order chi connectivity index (χ1) is 14.6. The Morgan fingerprint density at radius 1 is 1.00 bits per heavy atom. The van der Waals surface area contributed by atoms with Crippen molar-refractivity contribution < 1.29 is 35.8 Å². The van der Waals surface area contributed by atoms with Crippen LogP contribution in [0.1, 0.15) is 42.4 Å². The summed E-state index contributed by atoms with van der Waals surface area (Å²) in [6, 6.07) is 4.57. The van der Waals surface area contributed by atoms with E-state index in [2.05, 4.69) is 6.58 Å². The number of fused-ring (bicyclic) bond motifs is 3. The van der Waals surface area contributed by atoms with E-state index in [9.17, 15) is 13.2 Å². The SMILES string of the molecule is C=CC1CCC(c2ccc3c(c2F)C(F)(F)C(F)(F)c2c-3ccc(OCC)c2F)CO1. The monoisotopic (exact) mass is 442 g/mol. The minimum absolute atomic E-state index is 0.0393. The molecular formula is C23H20F6O2. The van der Waals surface area contributed by atoms with E-state index in [-0.39, 0.29) is 24.9 Å². The molecule has 2 unspecified atom stereocenters. The van der Waals surface area contributed by atoms with E-state index in [1.165, 1.54) is 13.0 Å². The van der Waals surface area contributed by atoms with Gasteiger partial charge in [-0.1, -0.05) is 18.2 Å². The molecule has 166 valence electrons. The highest BCUT2D eigenvalue weighted by Crippen LogP contribution is 2.60. The Morgan fingerprint density at radius 3 is 2.16 bits per heavy atom. The third-order valence-corrected chi connectivity index (χ3v) is 5.90. The third-order valence-electron chi connectivity index (χ3n) is 5.90. The van der Waals surface area contributed by atoms with Crippen molar-refractivity contribution in [2.45, 2.75) is 43.6 Å². The van der Waals surface area contributed by atoms with Crippen LogP contribution in [0, 0.1) is 11.6 Å². The number of hydrogen-bond acceptors (Lipinski definition) is 2. The van der Waals surface area contributed by atoms with Crippen LogP contribution in [0.3, 0.4) is 0 Å². The molecule has 31 heavy (non-hydrogen) atoms. The number of benzene rings is 2. The molecule has 1 aliphatic heterocycles. The molecule has 4 rings (SSSR count). The predicted octanol–water partition coefficient (Wildman–Crippen LogP) is 6.68. The molecule has 2 aromatic carbocycles. The summed E-state index contributed by atoms with van der Waals surface area (Å²) in [5, 5.41) is 0. The summed E-state index contributed by atoms with van der Waals surface area (Å²) in [6.45, 7) is 5.13. The van der Waals surface area contributed by atoms with Gasteiger partial charge in [0.05, 0.1) is 30.4 Å². The van der Waals surface area contributed by atoms with Crippen molar-refractivity contribution in [3.05, 3.63) is 65.2 Å². The van der Waals surface area contributed by atoms with Crippen molar-refractivity contribution in [1.29, 1.82) is 0 Å². The van der Waals surface area contributed by atoms with Crippen LogP contribution >= 0.6 is 0 Å². The molecule has 8 heteroatoms. The van der Waals surface area contributed by atoms with Gasteiger partial charge in [0.15, 0.2) is 11.6 Å². The van der Waals surface area contributed by atoms with E-state index < -0.39 is 57.4 Å². The van der Waals surface area contributed by atoms with Crippen LogP contribution in [0.4, 0.5) is 26.3 Å². The summed E-state index contributed by atoms with van der Waals surface area (Å²) >= 11 is 0. The lowest BCUT2D eigenvalue weighted by atomic mass is 9.77. The van der Waals surface area contributed by atoms with Crippen molar-refractivity contribution >= 4 is 0 Å². The second-order valence-corrected chi connectivity index (χ2v) is 7.66. The fourth-order valence-electron chi connectivity index (χ4n) is 4.31. The Labute approximate surface area is 175 Å². The number of halogens is 6. The lowest BCUT2D eigenvalue weighted by Gasteiger charge is -2.36. The van der Waals surface area contributed by atoms with Crippen molar-refractivity contribution in [2.75, 3.05) is 13.2 Å². The van der Waals surface area contributed by atoms with Crippen molar-refractivity contribution in [1.82, 2.24) is 0 Å². The van der Waals surface area contributed by atoms with Crippen LogP contribution in [-0.4, -0.2) is 19.3 Å². The molecule has 0 amide bonds. The molecule has 0 N–H and O–H groups in total. The summed E-state index contributed by atoms with van der Waals surface area (Å²) in [7, 11) is 0. The van der Waals surface area contributed by atoms with E-state index in [0.717, 1.165) is 18.2 Å². The smallest absolute Gasteiger partial charge is 0.343 e. The van der Waals surface area contributed by atoms with Gasteiger partial charge < -0.3 is 9.47 Å². The minimum atomic E-state index is -4.97. The average Bonchev–Trinajstić information content (AvgIpc) is 2.73. The highest BCUT2D eigenvalue weighted by Gasteiger charge is 2.65. The summed E-state index contributed by atoms with van der Waals surface area (Å²) in [4.78, 5) is 0. The maximum absolute atomic E-state index is 15.3. The lowest BCUT2D eigenvalue weighted by Crippen LogP contribution is -2.41. The van der Waals surface area contributed by atoms with Crippen LogP contribution < -0.4 is 4.74 Å². The number of rotatable bonds is 4. The topological polar surface area (TPSA) is 18.5 Å². The van der Waals surface area contributed by atoms with Crippen molar-refractivity contribution in [3.63, 3.8) is 0 Å². The molecule has 0 saturated carbocycles. The quantitative estimate of drug-likeness (QED) is 0.389. The molecule has 0 spiro atoms. The van der Waals surface area contributed by atoms with E-state index in [1.54, 1.807) is 6.08 Å². The largest absolute Gasteiger partial charge is 0.491 e. The van der Waals surface area contributed by atoms with Crippen LogP contribution in [0.5, 0.6) is 5.75 Å². The fourth-order valence-corrected chi connectivity index (χ4v) is 4.31. The van der Waals surface area contributed by atoms with Gasteiger partial charge in [-0.3, -0.25) is 0 Å². The van der Waals surface area contributed by atoms with Gasteiger partial charge in [0.1, 0.15) is 5.82 Å². The number of hydrogen-bond donors (Lipinski definition) is 0. The molecule has 0 radical (unpaired) electrons. The molecule has 2 aliphatic rings. The van der Waals surface area contributed by atoms with Crippen LogP contribution in [0.15, 0.2) is 36.9 Å². The molecule has 2 atom stereocenters. The Bertz CT molecular complexity index is 1030. The molecular weight excluding hydrogens is 422 g/mol. The summed E-state index contributed by atoms with van der Waals surface area (Å²) < 4.78 is 101. The fraction of sp³-hybridized carbons (Fsp3) is 0.391. The van der Waals surface area contributed by atoms with Gasteiger partial charge in [0.2, 0.25) is 0 Å². The third kappa shape index (κ3) is 3.14. The summed E-state index contributed by atoms with van der Waals surface area (Å²) in [5.41, 5.74) is -3.97. The van der Waals surface area contributed by atoms with Gasteiger partial charge in [0, 0.05) is 5.92 Å². The Kier molecular flexibility index (Phi) is 5.32. The maximum Gasteiger partial charge on any atom is 0.343 e. The predicted molar refractivity (Wildman–Crippen MR) is 103 cm³/mol. The van der Waals surface area contributed by atoms with E-state index in [1.807, 2.05) is 0 Å². The zero-order chi connectivity index (χ0) is 22.6. The average molecular weight is 442 g/mol.